The molecule has 31 heavy (non-hydrogen) atoms. The van der Waals surface area contributed by atoms with Crippen molar-refractivity contribution in [1.29, 1.82) is 0 Å². The van der Waals surface area contributed by atoms with Crippen LogP contribution in [0.25, 0.3) is 0 Å². The summed E-state index contributed by atoms with van der Waals surface area (Å²) in [5.74, 6) is -0.756. The van der Waals surface area contributed by atoms with Crippen molar-refractivity contribution in [2.24, 2.45) is 0 Å². The van der Waals surface area contributed by atoms with Crippen LogP contribution in [0.2, 0.25) is 0 Å². The lowest BCUT2D eigenvalue weighted by Crippen LogP contribution is -2.19. The number of hydrogen-bond donors (Lipinski definition) is 1. The molecule has 3 aromatic rings. The van der Waals surface area contributed by atoms with Gasteiger partial charge in [0.2, 0.25) is 0 Å². The van der Waals surface area contributed by atoms with E-state index >= 15 is 0 Å². The Morgan fingerprint density at radius 3 is 2.71 bits per heavy atom. The molecule has 1 aliphatic heterocycles. The number of nitro benzene ring substituents is 1. The number of aromatic nitrogens is 1. The molecule has 2 aromatic carbocycles. The van der Waals surface area contributed by atoms with Crippen molar-refractivity contribution in [3.63, 3.8) is 0 Å². The number of aryl methyl sites for hydroxylation is 1. The number of carbonyl (C=O) groups is 1. The zero-order valence-electron chi connectivity index (χ0n) is 16.9. The highest BCUT2D eigenvalue weighted by atomic mass is 32.1. The van der Waals surface area contributed by atoms with E-state index in [0.717, 1.165) is 30.8 Å². The summed E-state index contributed by atoms with van der Waals surface area (Å²) in [6, 6.07) is 11.1. The number of hydrogen-bond acceptors (Lipinski definition) is 6. The van der Waals surface area contributed by atoms with E-state index < -0.39 is 10.8 Å². The lowest BCUT2D eigenvalue weighted by molar-refractivity contribution is -0.384. The van der Waals surface area contributed by atoms with Crippen LogP contribution in [0.3, 0.4) is 0 Å². The minimum absolute atomic E-state index is 0.0786. The Balaban J connectivity index is 1.52. The average Bonchev–Trinajstić information content (AvgIpc) is 3.39. The Hall–Kier alpha value is -3.33. The zero-order valence-corrected chi connectivity index (χ0v) is 17.7. The van der Waals surface area contributed by atoms with E-state index in [0.29, 0.717) is 28.5 Å². The lowest BCUT2D eigenvalue weighted by atomic mass is 10.1. The van der Waals surface area contributed by atoms with Crippen LogP contribution in [-0.2, 0) is 6.42 Å². The van der Waals surface area contributed by atoms with Gasteiger partial charge < -0.3 is 4.90 Å². The number of carbonyl (C=O) groups excluding carboxylic acids is 1. The van der Waals surface area contributed by atoms with E-state index in [2.05, 4.69) is 10.3 Å². The van der Waals surface area contributed by atoms with Crippen LogP contribution >= 0.6 is 11.3 Å². The molecule has 4 rings (SSSR count). The lowest BCUT2D eigenvalue weighted by Gasteiger charge is -2.17. The smallest absolute Gasteiger partial charge is 0.293 e. The van der Waals surface area contributed by atoms with Crippen molar-refractivity contribution < 1.29 is 14.1 Å². The monoisotopic (exact) mass is 440 g/mol. The molecule has 0 atom stereocenters. The number of thiazole rings is 1. The first-order valence-electron chi connectivity index (χ1n) is 9.97. The normalized spacial score (nSPS) is 13.4. The van der Waals surface area contributed by atoms with Gasteiger partial charge in [-0.3, -0.25) is 20.2 Å². The highest BCUT2D eigenvalue weighted by molar-refractivity contribution is 7.15. The van der Waals surface area contributed by atoms with E-state index in [9.17, 15) is 19.3 Å². The van der Waals surface area contributed by atoms with Gasteiger partial charge in [0.25, 0.3) is 11.6 Å². The summed E-state index contributed by atoms with van der Waals surface area (Å²) in [6.07, 6.45) is 2.37. The van der Waals surface area contributed by atoms with Gasteiger partial charge in [0.15, 0.2) is 5.13 Å². The molecule has 1 fully saturated rings. The van der Waals surface area contributed by atoms with Crippen molar-refractivity contribution in [3.8, 4) is 0 Å². The fourth-order valence-corrected chi connectivity index (χ4v) is 4.65. The minimum atomic E-state index is -0.470. The number of nitrogens with one attached hydrogen (secondary N) is 1. The molecule has 0 radical (unpaired) electrons. The molecular formula is C22H21FN4O3S. The van der Waals surface area contributed by atoms with Gasteiger partial charge in [-0.05, 0) is 43.5 Å². The predicted molar refractivity (Wildman–Crippen MR) is 119 cm³/mol. The Labute approximate surface area is 182 Å². The van der Waals surface area contributed by atoms with Crippen LogP contribution in [0.1, 0.15) is 39.3 Å². The molecule has 0 aliphatic carbocycles. The molecule has 1 amide bonds. The Morgan fingerprint density at radius 2 is 2.00 bits per heavy atom. The van der Waals surface area contributed by atoms with Crippen LogP contribution < -0.4 is 10.2 Å². The van der Waals surface area contributed by atoms with Gasteiger partial charge in [0, 0.05) is 36.0 Å². The highest BCUT2D eigenvalue weighted by Gasteiger charge is 2.24. The number of rotatable bonds is 6. The Kier molecular flexibility index (Phi) is 5.94. The van der Waals surface area contributed by atoms with Gasteiger partial charge >= 0.3 is 0 Å². The quantitative estimate of drug-likeness (QED) is 0.433. The second kappa shape index (κ2) is 8.81. The fraction of sp³-hybridized carbons (Fsp3) is 0.273. The molecule has 2 heterocycles. The Morgan fingerprint density at radius 1 is 1.26 bits per heavy atom. The van der Waals surface area contributed by atoms with Gasteiger partial charge in [-0.1, -0.05) is 18.2 Å². The summed E-state index contributed by atoms with van der Waals surface area (Å²) in [5.41, 5.74) is 1.92. The molecule has 7 nitrogen and oxygen atoms in total. The highest BCUT2D eigenvalue weighted by Crippen LogP contribution is 2.32. The first-order chi connectivity index (χ1) is 14.9. The van der Waals surface area contributed by atoms with Gasteiger partial charge in [0.1, 0.15) is 11.5 Å². The van der Waals surface area contributed by atoms with Gasteiger partial charge in [0.05, 0.1) is 10.6 Å². The van der Waals surface area contributed by atoms with E-state index in [4.69, 9.17) is 0 Å². The molecule has 1 N–H and O–H groups in total. The summed E-state index contributed by atoms with van der Waals surface area (Å²) >= 11 is 1.27. The maximum Gasteiger partial charge on any atom is 0.293 e. The molecule has 0 spiro atoms. The van der Waals surface area contributed by atoms with E-state index in [1.165, 1.54) is 23.5 Å². The fourth-order valence-electron chi connectivity index (χ4n) is 3.67. The van der Waals surface area contributed by atoms with Crippen LogP contribution in [0.5, 0.6) is 0 Å². The predicted octanol–water partition coefficient (Wildman–Crippen LogP) is 4.94. The van der Waals surface area contributed by atoms with Crippen molar-refractivity contribution in [1.82, 2.24) is 4.98 Å². The Bertz CT molecular complexity index is 1140. The molecule has 0 saturated carbocycles. The number of nitro groups is 1. The van der Waals surface area contributed by atoms with Crippen LogP contribution in [0, 0.1) is 22.9 Å². The maximum absolute atomic E-state index is 13.9. The minimum Gasteiger partial charge on any atom is -0.366 e. The third-order valence-electron chi connectivity index (χ3n) is 5.30. The summed E-state index contributed by atoms with van der Waals surface area (Å²) in [6.45, 7) is 3.35. The first-order valence-corrected chi connectivity index (χ1v) is 10.8. The topological polar surface area (TPSA) is 88.4 Å². The number of anilines is 2. The SMILES string of the molecule is Cc1nc(NC(=O)c2ccc(N3CCCC3)c([N+](=O)[O-])c2)sc1Cc1ccccc1F. The van der Waals surface area contributed by atoms with Crippen LogP contribution in [-0.4, -0.2) is 28.9 Å². The summed E-state index contributed by atoms with van der Waals surface area (Å²) in [4.78, 5) is 31.0. The van der Waals surface area contributed by atoms with Gasteiger partial charge in [-0.15, -0.1) is 11.3 Å². The zero-order chi connectivity index (χ0) is 22.0. The van der Waals surface area contributed by atoms with Gasteiger partial charge in [-0.25, -0.2) is 9.37 Å². The molecule has 0 bridgehead atoms. The third-order valence-corrected chi connectivity index (χ3v) is 6.38. The molecule has 9 heteroatoms. The molecule has 1 aromatic heterocycles. The average molecular weight is 441 g/mol. The second-order valence-electron chi connectivity index (χ2n) is 7.40. The van der Waals surface area contributed by atoms with E-state index in [1.807, 2.05) is 4.90 Å². The third kappa shape index (κ3) is 4.56. The first kappa shape index (κ1) is 20.9. The molecular weight excluding hydrogens is 419 g/mol. The summed E-state index contributed by atoms with van der Waals surface area (Å²) < 4.78 is 13.9. The number of benzene rings is 2. The molecule has 160 valence electrons. The van der Waals surface area contributed by atoms with Crippen molar-refractivity contribution in [2.75, 3.05) is 23.3 Å². The summed E-state index contributed by atoms with van der Waals surface area (Å²) in [7, 11) is 0. The van der Waals surface area contributed by atoms with Crippen molar-refractivity contribution >= 4 is 33.8 Å². The van der Waals surface area contributed by atoms with Gasteiger partial charge in [-0.2, -0.15) is 0 Å². The summed E-state index contributed by atoms with van der Waals surface area (Å²) in [5, 5.41) is 14.7. The molecule has 1 saturated heterocycles. The molecule has 1 aliphatic rings. The second-order valence-corrected chi connectivity index (χ2v) is 8.49. The van der Waals surface area contributed by atoms with E-state index in [-0.39, 0.29) is 17.1 Å². The molecule has 0 unspecified atom stereocenters. The van der Waals surface area contributed by atoms with Crippen LogP contribution in [0.15, 0.2) is 42.5 Å². The standard InChI is InChI=1S/C22H21FN4O3S/c1-14-20(13-15-6-2-3-7-17(15)23)31-22(24-14)25-21(28)16-8-9-18(19(12-16)27(29)30)26-10-4-5-11-26/h2-3,6-9,12H,4-5,10-11,13H2,1H3,(H,24,25,28). The van der Waals surface area contributed by atoms with E-state index in [1.54, 1.807) is 37.3 Å². The largest absolute Gasteiger partial charge is 0.366 e. The number of halogens is 1. The van der Waals surface area contributed by atoms with Crippen molar-refractivity contribution in [3.05, 3.63) is 80.1 Å². The number of nitrogens with zero attached hydrogens (tertiary/aromatic N) is 3. The number of amides is 1. The van der Waals surface area contributed by atoms with Crippen molar-refractivity contribution in [2.45, 2.75) is 26.2 Å². The maximum atomic E-state index is 13.9. The van der Waals surface area contributed by atoms with Crippen LogP contribution in [0.4, 0.5) is 20.9 Å².